The number of hydrogen-bond acceptors (Lipinski definition) is 3. The number of carbonyl (C=O) groups is 2. The first-order chi connectivity index (χ1) is 7.74. The van der Waals surface area contributed by atoms with Gasteiger partial charge in [-0.05, 0) is 6.92 Å². The van der Waals surface area contributed by atoms with Gasteiger partial charge in [0.25, 0.3) is 0 Å². The van der Waals surface area contributed by atoms with E-state index in [2.05, 4.69) is 10.6 Å². The third-order valence-electron chi connectivity index (χ3n) is 2.30. The van der Waals surface area contributed by atoms with Crippen molar-refractivity contribution in [2.75, 3.05) is 39.4 Å². The number of urea groups is 1. The van der Waals surface area contributed by atoms with Crippen molar-refractivity contribution in [2.45, 2.75) is 13.3 Å². The summed E-state index contributed by atoms with van der Waals surface area (Å²) in [7, 11) is 0. The zero-order valence-electron chi connectivity index (χ0n) is 9.62. The first kappa shape index (κ1) is 12.8. The first-order valence-electron chi connectivity index (χ1n) is 5.61. The fraction of sp³-hybridized carbons (Fsp3) is 0.800. The van der Waals surface area contributed by atoms with Gasteiger partial charge in [-0.15, -0.1) is 0 Å². The van der Waals surface area contributed by atoms with Crippen LogP contribution in [-0.2, 0) is 9.53 Å². The smallest absolute Gasteiger partial charge is 0.317 e. The summed E-state index contributed by atoms with van der Waals surface area (Å²) in [5.41, 5.74) is 0. The Morgan fingerprint density at radius 3 is 2.56 bits per heavy atom. The Kier molecular flexibility index (Phi) is 5.63. The normalized spacial score (nSPS) is 15.7. The highest BCUT2D eigenvalue weighted by molar-refractivity contribution is 5.78. The highest BCUT2D eigenvalue weighted by Gasteiger charge is 2.15. The molecule has 1 heterocycles. The van der Waals surface area contributed by atoms with E-state index in [1.165, 1.54) is 0 Å². The maximum absolute atomic E-state index is 11.6. The van der Waals surface area contributed by atoms with Crippen LogP contribution in [0.1, 0.15) is 13.3 Å². The lowest BCUT2D eigenvalue weighted by Crippen LogP contribution is -2.46. The lowest BCUT2D eigenvalue weighted by molar-refractivity contribution is -0.120. The van der Waals surface area contributed by atoms with Crippen molar-refractivity contribution in [3.05, 3.63) is 0 Å². The van der Waals surface area contributed by atoms with E-state index in [4.69, 9.17) is 4.74 Å². The molecule has 0 aromatic rings. The topological polar surface area (TPSA) is 70.7 Å². The van der Waals surface area contributed by atoms with E-state index in [1.54, 1.807) is 4.90 Å². The molecule has 92 valence electrons. The molecule has 0 aliphatic carbocycles. The second-order valence-electron chi connectivity index (χ2n) is 3.53. The molecule has 3 amide bonds. The van der Waals surface area contributed by atoms with Gasteiger partial charge >= 0.3 is 6.03 Å². The molecule has 0 aromatic carbocycles. The zero-order valence-corrected chi connectivity index (χ0v) is 9.62. The van der Waals surface area contributed by atoms with Crippen molar-refractivity contribution in [2.24, 2.45) is 0 Å². The predicted octanol–water partition coefficient (Wildman–Crippen LogP) is -0.446. The Morgan fingerprint density at radius 1 is 1.25 bits per heavy atom. The van der Waals surface area contributed by atoms with Gasteiger partial charge in [0.15, 0.2) is 0 Å². The second-order valence-corrected chi connectivity index (χ2v) is 3.53. The number of carbonyl (C=O) groups excluding carboxylic acids is 2. The lowest BCUT2D eigenvalue weighted by Gasteiger charge is -2.26. The van der Waals surface area contributed by atoms with Crippen LogP contribution in [0.3, 0.4) is 0 Å². The molecule has 6 nitrogen and oxygen atoms in total. The number of rotatable bonds is 4. The van der Waals surface area contributed by atoms with Gasteiger partial charge in [0, 0.05) is 32.6 Å². The third kappa shape index (κ3) is 4.48. The number of ether oxygens (including phenoxy) is 1. The molecule has 2 N–H and O–H groups in total. The summed E-state index contributed by atoms with van der Waals surface area (Å²) in [4.78, 5) is 24.4. The van der Waals surface area contributed by atoms with Gasteiger partial charge in [-0.3, -0.25) is 4.79 Å². The average Bonchev–Trinajstić information content (AvgIpc) is 2.30. The SMILES string of the molecule is CCNC(=O)CCNC(=O)N1CCOCC1. The summed E-state index contributed by atoms with van der Waals surface area (Å²) < 4.78 is 5.14. The maximum atomic E-state index is 11.6. The van der Waals surface area contributed by atoms with Gasteiger partial charge in [0.1, 0.15) is 0 Å². The Balaban J connectivity index is 2.12. The zero-order chi connectivity index (χ0) is 11.8. The fourth-order valence-electron chi connectivity index (χ4n) is 1.45. The Bertz CT molecular complexity index is 239. The van der Waals surface area contributed by atoms with Crippen molar-refractivity contribution < 1.29 is 14.3 Å². The Labute approximate surface area is 95.3 Å². The van der Waals surface area contributed by atoms with Gasteiger partial charge in [-0.25, -0.2) is 4.79 Å². The molecule has 0 unspecified atom stereocenters. The molecule has 0 radical (unpaired) electrons. The van der Waals surface area contributed by atoms with Gasteiger partial charge in [-0.1, -0.05) is 0 Å². The summed E-state index contributed by atoms with van der Waals surface area (Å²) in [6.45, 7) is 5.27. The summed E-state index contributed by atoms with van der Waals surface area (Å²) in [6, 6.07) is -0.118. The van der Waals surface area contributed by atoms with E-state index in [0.717, 1.165) is 0 Å². The van der Waals surface area contributed by atoms with Crippen LogP contribution in [-0.4, -0.2) is 56.2 Å². The molecule has 1 aliphatic rings. The van der Waals surface area contributed by atoms with Crippen molar-refractivity contribution in [3.63, 3.8) is 0 Å². The van der Waals surface area contributed by atoms with E-state index in [-0.39, 0.29) is 11.9 Å². The largest absolute Gasteiger partial charge is 0.378 e. The van der Waals surface area contributed by atoms with E-state index in [9.17, 15) is 9.59 Å². The minimum atomic E-state index is -0.118. The molecule has 1 fully saturated rings. The highest BCUT2D eigenvalue weighted by atomic mass is 16.5. The summed E-state index contributed by atoms with van der Waals surface area (Å²) in [5, 5.41) is 5.39. The summed E-state index contributed by atoms with van der Waals surface area (Å²) in [6.07, 6.45) is 0.323. The predicted molar refractivity (Wildman–Crippen MR) is 59.1 cm³/mol. The van der Waals surface area contributed by atoms with Gasteiger partial charge in [-0.2, -0.15) is 0 Å². The monoisotopic (exact) mass is 229 g/mol. The molecule has 1 aliphatic heterocycles. The van der Waals surface area contributed by atoms with Crippen LogP contribution in [0, 0.1) is 0 Å². The molecule has 1 saturated heterocycles. The minimum absolute atomic E-state index is 0.0372. The molecule has 0 bridgehead atoms. The van der Waals surface area contributed by atoms with E-state index in [1.807, 2.05) is 6.92 Å². The summed E-state index contributed by atoms with van der Waals surface area (Å²) in [5.74, 6) is -0.0372. The minimum Gasteiger partial charge on any atom is -0.378 e. The van der Waals surface area contributed by atoms with Crippen LogP contribution in [0.2, 0.25) is 0 Å². The highest BCUT2D eigenvalue weighted by Crippen LogP contribution is 1.96. The number of nitrogens with zero attached hydrogens (tertiary/aromatic N) is 1. The van der Waals surface area contributed by atoms with Gasteiger partial charge < -0.3 is 20.3 Å². The molecule has 0 spiro atoms. The van der Waals surface area contributed by atoms with Crippen molar-refractivity contribution in [1.82, 2.24) is 15.5 Å². The lowest BCUT2D eigenvalue weighted by atomic mass is 10.4. The van der Waals surface area contributed by atoms with Crippen molar-refractivity contribution >= 4 is 11.9 Å². The van der Waals surface area contributed by atoms with Crippen LogP contribution in [0.4, 0.5) is 4.79 Å². The molecule has 0 aromatic heterocycles. The third-order valence-corrected chi connectivity index (χ3v) is 2.30. The molecular weight excluding hydrogens is 210 g/mol. The number of morpholine rings is 1. The summed E-state index contributed by atoms with van der Waals surface area (Å²) >= 11 is 0. The van der Waals surface area contributed by atoms with Crippen LogP contribution in [0.25, 0.3) is 0 Å². The number of hydrogen-bond donors (Lipinski definition) is 2. The molecule has 0 atom stereocenters. The standard InChI is InChI=1S/C10H19N3O3/c1-2-11-9(14)3-4-12-10(15)13-5-7-16-8-6-13/h2-8H2,1H3,(H,11,14)(H,12,15). The number of amides is 3. The van der Waals surface area contributed by atoms with E-state index >= 15 is 0 Å². The molecule has 16 heavy (non-hydrogen) atoms. The second kappa shape index (κ2) is 7.05. The maximum Gasteiger partial charge on any atom is 0.317 e. The first-order valence-corrected chi connectivity index (χ1v) is 5.61. The van der Waals surface area contributed by atoms with E-state index < -0.39 is 0 Å². The molecule has 0 saturated carbocycles. The van der Waals surface area contributed by atoms with E-state index in [0.29, 0.717) is 45.8 Å². The fourth-order valence-corrected chi connectivity index (χ4v) is 1.45. The van der Waals surface area contributed by atoms with Crippen LogP contribution < -0.4 is 10.6 Å². The quantitative estimate of drug-likeness (QED) is 0.686. The Hall–Kier alpha value is -1.30. The van der Waals surface area contributed by atoms with Gasteiger partial charge in [0.05, 0.1) is 13.2 Å². The molecular formula is C10H19N3O3. The average molecular weight is 229 g/mol. The molecule has 1 rings (SSSR count). The van der Waals surface area contributed by atoms with Gasteiger partial charge in [0.2, 0.25) is 5.91 Å². The van der Waals surface area contributed by atoms with Crippen LogP contribution in [0.15, 0.2) is 0 Å². The van der Waals surface area contributed by atoms with Crippen molar-refractivity contribution in [3.8, 4) is 0 Å². The number of nitrogens with one attached hydrogen (secondary N) is 2. The molecule has 6 heteroatoms. The Morgan fingerprint density at radius 2 is 1.94 bits per heavy atom. The van der Waals surface area contributed by atoms with Crippen LogP contribution in [0.5, 0.6) is 0 Å². The van der Waals surface area contributed by atoms with Crippen LogP contribution >= 0.6 is 0 Å². The van der Waals surface area contributed by atoms with Crippen molar-refractivity contribution in [1.29, 1.82) is 0 Å².